The van der Waals surface area contributed by atoms with Gasteiger partial charge < -0.3 is 15.3 Å². The summed E-state index contributed by atoms with van der Waals surface area (Å²) in [5, 5.41) is 13.1. The topological polar surface area (TPSA) is 69.6 Å². The zero-order chi connectivity index (χ0) is 19.8. The van der Waals surface area contributed by atoms with Crippen molar-refractivity contribution in [3.8, 4) is 0 Å². The molecule has 1 heterocycles. The fraction of sp³-hybridized carbons (Fsp3) is 0.263. The van der Waals surface area contributed by atoms with Crippen LogP contribution >= 0.6 is 11.6 Å². The van der Waals surface area contributed by atoms with Crippen molar-refractivity contribution in [1.82, 2.24) is 5.32 Å². The highest BCUT2D eigenvalue weighted by Crippen LogP contribution is 2.31. The zero-order valence-electron chi connectivity index (χ0n) is 14.4. The Morgan fingerprint density at radius 1 is 1.30 bits per heavy atom. The van der Waals surface area contributed by atoms with Crippen LogP contribution in [0.4, 0.5) is 14.5 Å². The molecule has 27 heavy (non-hydrogen) atoms. The van der Waals surface area contributed by atoms with Gasteiger partial charge in [-0.2, -0.15) is 0 Å². The van der Waals surface area contributed by atoms with Crippen LogP contribution in [-0.4, -0.2) is 29.1 Å². The number of aliphatic hydroxyl groups is 1. The molecule has 0 aromatic heterocycles. The lowest BCUT2D eigenvalue weighted by Gasteiger charge is -2.22. The summed E-state index contributed by atoms with van der Waals surface area (Å²) >= 11 is 5.76. The molecule has 2 N–H and O–H groups in total. The van der Waals surface area contributed by atoms with E-state index in [0.29, 0.717) is 11.1 Å². The third-order valence-electron chi connectivity index (χ3n) is 4.44. The fourth-order valence-electron chi connectivity index (χ4n) is 3.02. The van der Waals surface area contributed by atoms with Gasteiger partial charge in [-0.1, -0.05) is 17.7 Å². The molecular formula is C19H17ClF2N2O3. The van der Waals surface area contributed by atoms with Crippen LogP contribution in [0.1, 0.15) is 17.5 Å². The number of hydrogen-bond donors (Lipinski definition) is 2. The molecule has 0 radical (unpaired) electrons. The lowest BCUT2D eigenvalue weighted by Crippen LogP contribution is -2.52. The van der Waals surface area contributed by atoms with Crippen molar-refractivity contribution in [1.29, 1.82) is 0 Å². The molecular weight excluding hydrogens is 378 g/mol. The Morgan fingerprint density at radius 2 is 2.04 bits per heavy atom. The Balaban J connectivity index is 1.74. The Labute approximate surface area is 159 Å². The van der Waals surface area contributed by atoms with Crippen LogP contribution in [0.2, 0.25) is 5.02 Å². The molecule has 2 aromatic rings. The number of nitrogens with one attached hydrogen (secondary N) is 1. The molecule has 5 nitrogen and oxygen atoms in total. The van der Waals surface area contributed by atoms with E-state index in [1.807, 2.05) is 0 Å². The molecule has 8 heteroatoms. The highest BCUT2D eigenvalue weighted by atomic mass is 35.5. The van der Waals surface area contributed by atoms with Crippen molar-refractivity contribution in [3.63, 3.8) is 0 Å². The van der Waals surface area contributed by atoms with Crippen LogP contribution in [0, 0.1) is 18.6 Å². The molecule has 0 saturated carbocycles. The normalized spacial score (nSPS) is 19.4. The summed E-state index contributed by atoms with van der Waals surface area (Å²) in [5.74, 6) is -3.01. The molecule has 1 aliphatic heterocycles. The maximum absolute atomic E-state index is 14.1. The second-order valence-electron chi connectivity index (χ2n) is 6.48. The van der Waals surface area contributed by atoms with Gasteiger partial charge in [-0.15, -0.1) is 0 Å². The average Bonchev–Trinajstić information content (AvgIpc) is 2.89. The Bertz CT molecular complexity index is 902. The maximum Gasteiger partial charge on any atom is 0.268 e. The minimum atomic E-state index is -2.31. The van der Waals surface area contributed by atoms with E-state index in [1.165, 1.54) is 24.3 Å². The first-order valence-corrected chi connectivity index (χ1v) is 8.62. The van der Waals surface area contributed by atoms with E-state index in [-0.39, 0.29) is 30.2 Å². The first kappa shape index (κ1) is 19.3. The standard InChI is InChI=1S/C19H17ClF2N2O3/c1-11-2-3-16(15(22)6-11)24-5-4-19(27,18(24)26)17(25)23-10-12-7-13(20)9-14(21)8-12/h2-3,6-9,27H,4-5,10H2,1H3,(H,23,25)/t19-/m0/s1. The minimum absolute atomic E-state index is 0.00543. The second kappa shape index (κ2) is 7.25. The van der Waals surface area contributed by atoms with E-state index >= 15 is 0 Å². The summed E-state index contributed by atoms with van der Waals surface area (Å²) < 4.78 is 27.5. The Hall–Kier alpha value is -2.51. The molecule has 2 aromatic carbocycles. The summed E-state index contributed by atoms with van der Waals surface area (Å²) in [6, 6.07) is 8.10. The largest absolute Gasteiger partial charge is 0.372 e. The van der Waals surface area contributed by atoms with E-state index in [4.69, 9.17) is 11.6 Å². The Kier molecular flexibility index (Phi) is 5.17. The van der Waals surface area contributed by atoms with Crippen molar-refractivity contribution in [3.05, 3.63) is 64.2 Å². The fourth-order valence-corrected chi connectivity index (χ4v) is 3.26. The van der Waals surface area contributed by atoms with Crippen molar-refractivity contribution < 1.29 is 23.5 Å². The predicted molar refractivity (Wildman–Crippen MR) is 96.3 cm³/mol. The maximum atomic E-state index is 14.1. The first-order valence-electron chi connectivity index (χ1n) is 8.24. The number of benzene rings is 2. The van der Waals surface area contributed by atoms with Gasteiger partial charge in [0.15, 0.2) is 0 Å². The van der Waals surface area contributed by atoms with Crippen LogP contribution < -0.4 is 10.2 Å². The number of halogens is 3. The number of carbonyl (C=O) groups is 2. The molecule has 0 bridgehead atoms. The van der Waals surface area contributed by atoms with Crippen molar-refractivity contribution in [2.45, 2.75) is 25.5 Å². The van der Waals surface area contributed by atoms with Gasteiger partial charge in [-0.3, -0.25) is 9.59 Å². The number of amides is 2. The summed E-state index contributed by atoms with van der Waals surface area (Å²) in [4.78, 5) is 26.0. The van der Waals surface area contributed by atoms with E-state index < -0.39 is 29.0 Å². The van der Waals surface area contributed by atoms with Crippen molar-refractivity contribution in [2.24, 2.45) is 0 Å². The van der Waals surface area contributed by atoms with Gasteiger partial charge >= 0.3 is 0 Å². The quantitative estimate of drug-likeness (QED) is 0.783. The molecule has 1 saturated heterocycles. The number of hydrogen-bond acceptors (Lipinski definition) is 3. The average molecular weight is 395 g/mol. The van der Waals surface area contributed by atoms with Crippen molar-refractivity contribution >= 4 is 29.1 Å². The van der Waals surface area contributed by atoms with Gasteiger partial charge in [0, 0.05) is 24.5 Å². The highest BCUT2D eigenvalue weighted by Gasteiger charge is 2.52. The van der Waals surface area contributed by atoms with Crippen LogP contribution in [0.25, 0.3) is 0 Å². The molecule has 0 aliphatic carbocycles. The van der Waals surface area contributed by atoms with Crippen molar-refractivity contribution in [2.75, 3.05) is 11.4 Å². The summed E-state index contributed by atoms with van der Waals surface area (Å²) in [6.45, 7) is 1.58. The summed E-state index contributed by atoms with van der Waals surface area (Å²) in [5.41, 5.74) is -1.24. The molecule has 1 atom stereocenters. The smallest absolute Gasteiger partial charge is 0.268 e. The van der Waals surface area contributed by atoms with Gasteiger partial charge in [0.2, 0.25) is 5.60 Å². The molecule has 142 valence electrons. The number of carbonyl (C=O) groups excluding carboxylic acids is 2. The summed E-state index contributed by atoms with van der Waals surface area (Å²) in [7, 11) is 0. The van der Waals surface area contributed by atoms with Gasteiger partial charge in [0.1, 0.15) is 11.6 Å². The lowest BCUT2D eigenvalue weighted by atomic mass is 10.0. The predicted octanol–water partition coefficient (Wildman–Crippen LogP) is 2.71. The third-order valence-corrected chi connectivity index (χ3v) is 4.66. The first-order chi connectivity index (χ1) is 12.7. The van der Waals surface area contributed by atoms with E-state index in [2.05, 4.69) is 5.32 Å². The number of nitrogens with zero attached hydrogens (tertiary/aromatic N) is 1. The van der Waals surface area contributed by atoms with Gasteiger partial charge in [0.05, 0.1) is 5.69 Å². The number of rotatable bonds is 4. The molecule has 1 aliphatic rings. The highest BCUT2D eigenvalue weighted by molar-refractivity contribution is 6.30. The zero-order valence-corrected chi connectivity index (χ0v) is 15.2. The molecule has 1 fully saturated rings. The molecule has 3 rings (SSSR count). The lowest BCUT2D eigenvalue weighted by molar-refractivity contribution is -0.149. The Morgan fingerprint density at radius 3 is 2.70 bits per heavy atom. The SMILES string of the molecule is Cc1ccc(N2CC[C@](O)(C(=O)NCc3cc(F)cc(Cl)c3)C2=O)c(F)c1. The van der Waals surface area contributed by atoms with E-state index in [1.54, 1.807) is 13.0 Å². The monoisotopic (exact) mass is 394 g/mol. The van der Waals surface area contributed by atoms with Gasteiger partial charge in [0.25, 0.3) is 11.8 Å². The van der Waals surface area contributed by atoms with Crippen LogP contribution in [-0.2, 0) is 16.1 Å². The third kappa shape index (κ3) is 3.79. The van der Waals surface area contributed by atoms with Crippen LogP contribution in [0.3, 0.4) is 0 Å². The minimum Gasteiger partial charge on any atom is -0.372 e. The molecule has 0 unspecified atom stereocenters. The number of anilines is 1. The molecule has 0 spiro atoms. The second-order valence-corrected chi connectivity index (χ2v) is 6.92. The van der Waals surface area contributed by atoms with E-state index in [9.17, 15) is 23.5 Å². The molecule has 2 amide bonds. The van der Waals surface area contributed by atoms with Gasteiger partial charge in [-0.05, 0) is 48.4 Å². The van der Waals surface area contributed by atoms with Gasteiger partial charge in [-0.25, -0.2) is 8.78 Å². The van der Waals surface area contributed by atoms with Crippen LogP contribution in [0.5, 0.6) is 0 Å². The van der Waals surface area contributed by atoms with E-state index in [0.717, 1.165) is 11.0 Å². The number of aryl methyl sites for hydroxylation is 1. The van der Waals surface area contributed by atoms with Crippen LogP contribution in [0.15, 0.2) is 36.4 Å². The summed E-state index contributed by atoms with van der Waals surface area (Å²) in [6.07, 6.45) is -0.186.